The first kappa shape index (κ1) is 19.1. The Morgan fingerprint density at radius 2 is 1.82 bits per heavy atom. The molecule has 3 aromatic rings. The number of hydrogen-bond acceptors (Lipinski definition) is 6. The van der Waals surface area contributed by atoms with Gasteiger partial charge in [-0.15, -0.1) is 11.3 Å². The molecule has 28 heavy (non-hydrogen) atoms. The summed E-state index contributed by atoms with van der Waals surface area (Å²) in [6.07, 6.45) is 2.02. The fourth-order valence-corrected chi connectivity index (χ4v) is 4.36. The largest absolute Gasteiger partial charge is 0.497 e. The van der Waals surface area contributed by atoms with E-state index in [0.717, 1.165) is 38.3 Å². The lowest BCUT2D eigenvalue weighted by atomic mass is 10.0. The molecule has 0 spiro atoms. The van der Waals surface area contributed by atoms with Gasteiger partial charge in [0, 0.05) is 16.1 Å². The molecule has 1 aromatic heterocycles. The summed E-state index contributed by atoms with van der Waals surface area (Å²) >= 11 is 9.30. The van der Waals surface area contributed by atoms with Gasteiger partial charge in [-0.3, -0.25) is 0 Å². The molecule has 0 saturated carbocycles. The van der Waals surface area contributed by atoms with Gasteiger partial charge in [-0.2, -0.15) is 5.10 Å². The molecule has 142 valence electrons. The second-order valence-electron chi connectivity index (χ2n) is 6.10. The number of ether oxygens (including phenoxy) is 1. The fraction of sp³-hybridized carbons (Fsp3) is 0.143. The van der Waals surface area contributed by atoms with E-state index in [1.807, 2.05) is 47.7 Å². The molecule has 2 heterocycles. The van der Waals surface area contributed by atoms with Crippen LogP contribution >= 0.6 is 34.7 Å². The summed E-state index contributed by atoms with van der Waals surface area (Å²) in [5, 5.41) is 11.6. The second-order valence-corrected chi connectivity index (χ2v) is 8.20. The van der Waals surface area contributed by atoms with Crippen LogP contribution in [0.15, 0.2) is 70.1 Å². The van der Waals surface area contributed by atoms with Crippen molar-refractivity contribution in [3.8, 4) is 5.75 Å². The van der Waals surface area contributed by atoms with Crippen molar-refractivity contribution in [2.24, 2.45) is 10.1 Å². The Kier molecular flexibility index (Phi) is 5.71. The number of amidine groups is 1. The highest BCUT2D eigenvalue weighted by atomic mass is 35.5. The predicted octanol–water partition coefficient (Wildman–Crippen LogP) is 6.03. The molecule has 0 saturated heterocycles. The third-order valence-corrected chi connectivity index (χ3v) is 6.06. The molecule has 7 heteroatoms. The number of methoxy groups -OCH3 is 1. The van der Waals surface area contributed by atoms with E-state index in [1.54, 1.807) is 30.2 Å². The standard InChI is InChI=1S/C21H18ClN3OS2/c1-26-17-9-3-14(4-10-17)13-25-21(27-2)23-20-18(11-12-28-20)19(24-25)15-5-7-16(22)8-6-15/h3-12H,13H2,1-2H3. The summed E-state index contributed by atoms with van der Waals surface area (Å²) in [5.74, 6) is 0.839. The normalized spacial score (nSPS) is 13.5. The highest BCUT2D eigenvalue weighted by Gasteiger charge is 2.22. The van der Waals surface area contributed by atoms with Crippen molar-refractivity contribution in [2.75, 3.05) is 13.4 Å². The van der Waals surface area contributed by atoms with E-state index >= 15 is 0 Å². The number of hydrazone groups is 1. The zero-order chi connectivity index (χ0) is 19.5. The molecule has 4 rings (SSSR count). The van der Waals surface area contributed by atoms with Gasteiger partial charge in [0.15, 0.2) is 5.17 Å². The van der Waals surface area contributed by atoms with Crippen molar-refractivity contribution < 1.29 is 4.74 Å². The van der Waals surface area contributed by atoms with Crippen molar-refractivity contribution in [2.45, 2.75) is 6.54 Å². The maximum absolute atomic E-state index is 6.08. The Morgan fingerprint density at radius 3 is 2.50 bits per heavy atom. The van der Waals surface area contributed by atoms with Crippen LogP contribution in [0.25, 0.3) is 0 Å². The fourth-order valence-electron chi connectivity index (χ4n) is 2.91. The van der Waals surface area contributed by atoms with Gasteiger partial charge in [0.05, 0.1) is 13.7 Å². The highest BCUT2D eigenvalue weighted by molar-refractivity contribution is 8.13. The van der Waals surface area contributed by atoms with Crippen LogP contribution in [0, 0.1) is 0 Å². The summed E-state index contributed by atoms with van der Waals surface area (Å²) in [5.41, 5.74) is 4.08. The molecule has 4 nitrogen and oxygen atoms in total. The number of benzene rings is 2. The van der Waals surface area contributed by atoms with Crippen LogP contribution in [0.2, 0.25) is 5.02 Å². The molecule has 0 bridgehead atoms. The molecule has 0 fully saturated rings. The SMILES string of the molecule is COc1ccc(CN2N=C(c3ccc(Cl)cc3)c3ccsc3N=C2SC)cc1. The first-order valence-electron chi connectivity index (χ1n) is 8.63. The third kappa shape index (κ3) is 3.94. The van der Waals surface area contributed by atoms with E-state index in [9.17, 15) is 0 Å². The molecule has 1 aliphatic rings. The lowest BCUT2D eigenvalue weighted by Crippen LogP contribution is -2.23. The van der Waals surface area contributed by atoms with E-state index in [1.165, 1.54) is 0 Å². The number of nitrogens with zero attached hydrogens (tertiary/aromatic N) is 3. The molecular weight excluding hydrogens is 410 g/mol. The molecule has 0 aliphatic carbocycles. The Hall–Kier alpha value is -2.28. The molecule has 0 radical (unpaired) electrons. The van der Waals surface area contributed by atoms with E-state index in [0.29, 0.717) is 11.6 Å². The van der Waals surface area contributed by atoms with Gasteiger partial charge in [0.2, 0.25) is 0 Å². The Bertz CT molecular complexity index is 1030. The summed E-state index contributed by atoms with van der Waals surface area (Å²) in [6, 6.07) is 17.9. The predicted molar refractivity (Wildman–Crippen MR) is 121 cm³/mol. The Labute approximate surface area is 177 Å². The van der Waals surface area contributed by atoms with E-state index < -0.39 is 0 Å². The van der Waals surface area contributed by atoms with Gasteiger partial charge in [-0.1, -0.05) is 47.6 Å². The number of rotatable bonds is 4. The minimum atomic E-state index is 0.621. The number of hydrogen-bond donors (Lipinski definition) is 0. The minimum Gasteiger partial charge on any atom is -0.497 e. The van der Waals surface area contributed by atoms with Crippen LogP contribution in [0.4, 0.5) is 5.00 Å². The van der Waals surface area contributed by atoms with Crippen LogP contribution < -0.4 is 4.74 Å². The van der Waals surface area contributed by atoms with Gasteiger partial charge in [-0.05, 0) is 47.5 Å². The molecule has 0 N–H and O–H groups in total. The van der Waals surface area contributed by atoms with Crippen LogP contribution in [0.5, 0.6) is 5.75 Å². The quantitative estimate of drug-likeness (QED) is 0.510. The van der Waals surface area contributed by atoms with Crippen molar-refractivity contribution >= 4 is 50.6 Å². The van der Waals surface area contributed by atoms with E-state index in [-0.39, 0.29) is 0 Å². The highest BCUT2D eigenvalue weighted by Crippen LogP contribution is 2.34. The molecular formula is C21H18ClN3OS2. The van der Waals surface area contributed by atoms with Gasteiger partial charge >= 0.3 is 0 Å². The monoisotopic (exact) mass is 427 g/mol. The summed E-state index contributed by atoms with van der Waals surface area (Å²) in [7, 11) is 1.67. The lowest BCUT2D eigenvalue weighted by molar-refractivity contribution is 0.413. The zero-order valence-electron chi connectivity index (χ0n) is 15.4. The molecule has 2 aromatic carbocycles. The minimum absolute atomic E-state index is 0.621. The van der Waals surface area contributed by atoms with Crippen molar-refractivity contribution in [1.82, 2.24) is 5.01 Å². The smallest absolute Gasteiger partial charge is 0.185 e. The number of halogens is 1. The van der Waals surface area contributed by atoms with Crippen molar-refractivity contribution in [3.05, 3.63) is 81.7 Å². The average Bonchev–Trinajstić information content (AvgIpc) is 3.13. The van der Waals surface area contributed by atoms with Crippen molar-refractivity contribution in [1.29, 1.82) is 0 Å². The molecule has 1 aliphatic heterocycles. The van der Waals surface area contributed by atoms with Gasteiger partial charge in [0.1, 0.15) is 16.5 Å². The van der Waals surface area contributed by atoms with Crippen LogP contribution in [-0.2, 0) is 6.54 Å². The van der Waals surface area contributed by atoms with E-state index in [2.05, 4.69) is 23.6 Å². The summed E-state index contributed by atoms with van der Waals surface area (Å²) < 4.78 is 5.26. The number of thioether (sulfide) groups is 1. The second kappa shape index (κ2) is 8.39. The maximum Gasteiger partial charge on any atom is 0.185 e. The first-order valence-corrected chi connectivity index (χ1v) is 11.1. The first-order chi connectivity index (χ1) is 13.7. The van der Waals surface area contributed by atoms with E-state index in [4.69, 9.17) is 26.4 Å². The van der Waals surface area contributed by atoms with Gasteiger partial charge in [0.25, 0.3) is 0 Å². The molecule has 0 amide bonds. The maximum atomic E-state index is 6.08. The van der Waals surface area contributed by atoms with Crippen LogP contribution in [0.3, 0.4) is 0 Å². The zero-order valence-corrected chi connectivity index (χ0v) is 17.8. The van der Waals surface area contributed by atoms with Gasteiger partial charge in [-0.25, -0.2) is 10.0 Å². The topological polar surface area (TPSA) is 37.2 Å². The van der Waals surface area contributed by atoms with Crippen LogP contribution in [0.1, 0.15) is 16.7 Å². The summed E-state index contributed by atoms with van der Waals surface area (Å²) in [4.78, 5) is 4.88. The summed E-state index contributed by atoms with van der Waals surface area (Å²) in [6.45, 7) is 0.621. The number of fused-ring (bicyclic) bond motifs is 1. The van der Waals surface area contributed by atoms with Gasteiger partial charge < -0.3 is 4.74 Å². The third-order valence-electron chi connectivity index (χ3n) is 4.33. The molecule has 0 unspecified atom stereocenters. The Morgan fingerprint density at radius 1 is 1.07 bits per heavy atom. The van der Waals surface area contributed by atoms with Crippen LogP contribution in [-0.4, -0.2) is 29.3 Å². The average molecular weight is 428 g/mol. The molecule has 0 atom stereocenters. The Balaban J connectivity index is 1.76. The number of thiophene rings is 1. The van der Waals surface area contributed by atoms with Crippen molar-refractivity contribution in [3.63, 3.8) is 0 Å². The number of aliphatic imine (C=N–C) groups is 1. The lowest BCUT2D eigenvalue weighted by Gasteiger charge is -2.20.